The van der Waals surface area contributed by atoms with E-state index in [1.54, 1.807) is 0 Å². The van der Waals surface area contributed by atoms with Crippen LogP contribution in [-0.4, -0.2) is 12.1 Å². The van der Waals surface area contributed by atoms with Crippen molar-refractivity contribution in [2.75, 3.05) is 6.54 Å². The van der Waals surface area contributed by atoms with E-state index >= 15 is 0 Å². The molecular weight excluding hydrogens is 172 g/mol. The van der Waals surface area contributed by atoms with Gasteiger partial charge < -0.3 is 5.32 Å². The monoisotopic (exact) mass is 194 g/mol. The second kappa shape index (κ2) is 4.79. The predicted octanol–water partition coefficient (Wildman–Crippen LogP) is 2.70. The average molecular weight is 194 g/mol. The summed E-state index contributed by atoms with van der Waals surface area (Å²) in [6.07, 6.45) is 4.66. The summed E-state index contributed by atoms with van der Waals surface area (Å²) in [5, 5.41) is 12.3. The fourth-order valence-electron chi connectivity index (χ4n) is 1.95. The first-order valence-electron chi connectivity index (χ1n) is 5.66. The van der Waals surface area contributed by atoms with Crippen LogP contribution < -0.4 is 5.32 Å². The van der Waals surface area contributed by atoms with Gasteiger partial charge in [-0.05, 0) is 58.9 Å². The van der Waals surface area contributed by atoms with Gasteiger partial charge in [-0.2, -0.15) is 5.26 Å². The largest absolute Gasteiger partial charge is 0.312 e. The second-order valence-electron chi connectivity index (χ2n) is 5.48. The molecular formula is C12H22N2. The molecule has 2 heteroatoms. The maximum Gasteiger partial charge on any atom is 0.0655 e. The zero-order valence-corrected chi connectivity index (χ0v) is 9.64. The van der Waals surface area contributed by atoms with Crippen molar-refractivity contribution in [2.24, 2.45) is 11.8 Å². The summed E-state index contributed by atoms with van der Waals surface area (Å²) in [6, 6.07) is 2.38. The maximum absolute atomic E-state index is 8.77. The van der Waals surface area contributed by atoms with E-state index in [1.165, 1.54) is 12.8 Å². The van der Waals surface area contributed by atoms with Gasteiger partial charge in [-0.25, -0.2) is 0 Å². The van der Waals surface area contributed by atoms with Gasteiger partial charge in [0.2, 0.25) is 0 Å². The SMILES string of the molecule is CC(C)(C)NCC1CCC(C#N)CC1. The molecule has 1 aliphatic carbocycles. The smallest absolute Gasteiger partial charge is 0.0655 e. The topological polar surface area (TPSA) is 35.8 Å². The van der Waals surface area contributed by atoms with Crippen molar-refractivity contribution in [1.29, 1.82) is 5.26 Å². The summed E-state index contributed by atoms with van der Waals surface area (Å²) in [7, 11) is 0. The van der Waals surface area contributed by atoms with E-state index in [9.17, 15) is 0 Å². The molecule has 0 unspecified atom stereocenters. The van der Waals surface area contributed by atoms with E-state index in [1.807, 2.05) is 0 Å². The summed E-state index contributed by atoms with van der Waals surface area (Å²) < 4.78 is 0. The zero-order chi connectivity index (χ0) is 10.6. The number of hydrogen-bond donors (Lipinski definition) is 1. The Labute approximate surface area is 87.7 Å². The number of nitriles is 1. The Morgan fingerprint density at radius 1 is 1.21 bits per heavy atom. The van der Waals surface area contributed by atoms with Gasteiger partial charge in [0.25, 0.3) is 0 Å². The lowest BCUT2D eigenvalue weighted by Gasteiger charge is -2.29. The third-order valence-electron chi connectivity index (χ3n) is 2.95. The van der Waals surface area contributed by atoms with Crippen LogP contribution >= 0.6 is 0 Å². The summed E-state index contributed by atoms with van der Waals surface area (Å²) in [5.74, 6) is 1.12. The lowest BCUT2D eigenvalue weighted by atomic mass is 9.82. The molecule has 1 rings (SSSR count). The minimum Gasteiger partial charge on any atom is -0.312 e. The maximum atomic E-state index is 8.77. The van der Waals surface area contributed by atoms with E-state index in [-0.39, 0.29) is 5.54 Å². The quantitative estimate of drug-likeness (QED) is 0.733. The van der Waals surface area contributed by atoms with Gasteiger partial charge in [-0.3, -0.25) is 0 Å². The first-order valence-corrected chi connectivity index (χ1v) is 5.66. The minimum atomic E-state index is 0.228. The summed E-state index contributed by atoms with van der Waals surface area (Å²) in [6.45, 7) is 7.72. The molecule has 1 aliphatic rings. The number of nitrogens with one attached hydrogen (secondary N) is 1. The molecule has 0 aromatic rings. The van der Waals surface area contributed by atoms with Gasteiger partial charge >= 0.3 is 0 Å². The molecule has 0 amide bonds. The molecule has 0 bridgehead atoms. The molecule has 0 radical (unpaired) electrons. The Bertz CT molecular complexity index is 201. The van der Waals surface area contributed by atoms with E-state index < -0.39 is 0 Å². The Kier molecular flexibility index (Phi) is 3.95. The lowest BCUT2D eigenvalue weighted by Crippen LogP contribution is -2.39. The van der Waals surface area contributed by atoms with Gasteiger partial charge in [0.15, 0.2) is 0 Å². The van der Waals surface area contributed by atoms with Crippen LogP contribution in [0.5, 0.6) is 0 Å². The van der Waals surface area contributed by atoms with Crippen molar-refractivity contribution < 1.29 is 0 Å². The van der Waals surface area contributed by atoms with Crippen LogP contribution in [0.3, 0.4) is 0 Å². The van der Waals surface area contributed by atoms with Crippen LogP contribution in [0.25, 0.3) is 0 Å². The van der Waals surface area contributed by atoms with Crippen LogP contribution in [0.2, 0.25) is 0 Å². The summed E-state index contributed by atoms with van der Waals surface area (Å²) in [4.78, 5) is 0. The van der Waals surface area contributed by atoms with Gasteiger partial charge in [-0.1, -0.05) is 0 Å². The molecule has 14 heavy (non-hydrogen) atoms. The highest BCUT2D eigenvalue weighted by Gasteiger charge is 2.21. The molecule has 0 saturated heterocycles. The third kappa shape index (κ3) is 4.11. The van der Waals surface area contributed by atoms with Gasteiger partial charge in [-0.15, -0.1) is 0 Å². The van der Waals surface area contributed by atoms with Crippen molar-refractivity contribution in [3.8, 4) is 6.07 Å². The van der Waals surface area contributed by atoms with Crippen molar-refractivity contribution in [2.45, 2.75) is 52.0 Å². The lowest BCUT2D eigenvalue weighted by molar-refractivity contribution is 0.278. The van der Waals surface area contributed by atoms with Crippen LogP contribution in [0.4, 0.5) is 0 Å². The molecule has 0 spiro atoms. The van der Waals surface area contributed by atoms with Crippen molar-refractivity contribution >= 4 is 0 Å². The fourth-order valence-corrected chi connectivity index (χ4v) is 1.95. The molecule has 1 fully saturated rings. The molecule has 0 aliphatic heterocycles. The summed E-state index contributed by atoms with van der Waals surface area (Å²) >= 11 is 0. The number of rotatable bonds is 2. The van der Waals surface area contributed by atoms with E-state index in [2.05, 4.69) is 32.2 Å². The van der Waals surface area contributed by atoms with Gasteiger partial charge in [0.1, 0.15) is 0 Å². The molecule has 2 nitrogen and oxygen atoms in total. The third-order valence-corrected chi connectivity index (χ3v) is 2.95. The Hall–Kier alpha value is -0.550. The van der Waals surface area contributed by atoms with Crippen LogP contribution in [0, 0.1) is 23.2 Å². The van der Waals surface area contributed by atoms with Crippen LogP contribution in [0.1, 0.15) is 46.5 Å². The highest BCUT2D eigenvalue weighted by Crippen LogP contribution is 2.27. The molecule has 1 saturated carbocycles. The second-order valence-corrected chi connectivity index (χ2v) is 5.48. The Morgan fingerprint density at radius 2 is 1.79 bits per heavy atom. The van der Waals surface area contributed by atoms with E-state index in [0.29, 0.717) is 5.92 Å². The predicted molar refractivity (Wildman–Crippen MR) is 58.8 cm³/mol. The van der Waals surface area contributed by atoms with E-state index in [4.69, 9.17) is 5.26 Å². The first-order chi connectivity index (χ1) is 6.51. The molecule has 0 aromatic carbocycles. The van der Waals surface area contributed by atoms with Crippen LogP contribution in [0.15, 0.2) is 0 Å². The first kappa shape index (κ1) is 11.5. The van der Waals surface area contributed by atoms with Crippen molar-refractivity contribution in [1.82, 2.24) is 5.32 Å². The summed E-state index contributed by atoms with van der Waals surface area (Å²) in [5.41, 5.74) is 0.228. The average Bonchev–Trinajstić information content (AvgIpc) is 2.14. The molecule has 80 valence electrons. The van der Waals surface area contributed by atoms with Gasteiger partial charge in [0.05, 0.1) is 6.07 Å². The van der Waals surface area contributed by atoms with Crippen molar-refractivity contribution in [3.05, 3.63) is 0 Å². The highest BCUT2D eigenvalue weighted by atomic mass is 14.9. The normalized spacial score (nSPS) is 28.4. The van der Waals surface area contributed by atoms with Gasteiger partial charge in [0, 0.05) is 11.5 Å². The molecule has 0 heterocycles. The Balaban J connectivity index is 2.20. The Morgan fingerprint density at radius 3 is 2.21 bits per heavy atom. The molecule has 0 aromatic heterocycles. The van der Waals surface area contributed by atoms with Crippen molar-refractivity contribution in [3.63, 3.8) is 0 Å². The number of hydrogen-bond acceptors (Lipinski definition) is 2. The fraction of sp³-hybridized carbons (Fsp3) is 0.917. The highest BCUT2D eigenvalue weighted by molar-refractivity contribution is 4.88. The number of nitrogens with zero attached hydrogens (tertiary/aromatic N) is 1. The molecule has 0 atom stereocenters. The molecule has 1 N–H and O–H groups in total. The van der Waals surface area contributed by atoms with E-state index in [0.717, 1.165) is 25.3 Å². The zero-order valence-electron chi connectivity index (χ0n) is 9.64. The van der Waals surface area contributed by atoms with Crippen LogP contribution in [-0.2, 0) is 0 Å². The standard InChI is InChI=1S/C12H22N2/c1-12(2,3)14-9-11-6-4-10(8-13)5-7-11/h10-11,14H,4-7,9H2,1-3H3. The minimum absolute atomic E-state index is 0.228.